The molecule has 1 amide bonds. The Balaban J connectivity index is 1.59. The van der Waals surface area contributed by atoms with Gasteiger partial charge in [0.05, 0.1) is 10.5 Å². The van der Waals surface area contributed by atoms with Gasteiger partial charge in [-0.1, -0.05) is 24.6 Å². The summed E-state index contributed by atoms with van der Waals surface area (Å²) >= 11 is 6.62. The van der Waals surface area contributed by atoms with Crippen LogP contribution in [-0.2, 0) is 12.8 Å². The number of nitrogens with one attached hydrogen (secondary N) is 1. The Bertz CT molecular complexity index is 809. The number of halogens is 1. The quantitative estimate of drug-likeness (QED) is 0.815. The number of nitrogens with zero attached hydrogens (tertiary/aromatic N) is 1. The number of hydrogen-bond donors (Lipinski definition) is 1. The normalized spacial score (nSPS) is 23.3. The zero-order valence-electron chi connectivity index (χ0n) is 14.8. The van der Waals surface area contributed by atoms with Crippen LogP contribution < -0.4 is 5.32 Å². The molecule has 4 heteroatoms. The lowest BCUT2D eigenvalue weighted by molar-refractivity contribution is 0.0923. The first-order valence-corrected chi connectivity index (χ1v) is 9.91. The molecule has 25 heavy (non-hydrogen) atoms. The van der Waals surface area contributed by atoms with Crippen LogP contribution in [0.1, 0.15) is 67.1 Å². The Hall–Kier alpha value is -1.61. The van der Waals surface area contributed by atoms with Crippen LogP contribution in [0.3, 0.4) is 0 Å². The summed E-state index contributed by atoms with van der Waals surface area (Å²) in [6, 6.07) is 6.04. The molecule has 0 saturated heterocycles. The maximum absolute atomic E-state index is 12.6. The van der Waals surface area contributed by atoms with Gasteiger partial charge in [0, 0.05) is 22.7 Å². The van der Waals surface area contributed by atoms with Gasteiger partial charge in [-0.15, -0.1) is 0 Å². The highest BCUT2D eigenvalue weighted by Crippen LogP contribution is 2.33. The highest BCUT2D eigenvalue weighted by molar-refractivity contribution is 6.36. The van der Waals surface area contributed by atoms with E-state index in [-0.39, 0.29) is 5.91 Å². The Labute approximate surface area is 154 Å². The van der Waals surface area contributed by atoms with Gasteiger partial charge in [0.2, 0.25) is 0 Å². The lowest BCUT2D eigenvalue weighted by Gasteiger charge is -2.27. The molecular formula is C21H25ClN2O. The van der Waals surface area contributed by atoms with Crippen molar-refractivity contribution < 1.29 is 4.79 Å². The molecule has 2 aliphatic carbocycles. The molecule has 1 aromatic heterocycles. The number of fused-ring (bicyclic) bond motifs is 2. The number of carbonyl (C=O) groups is 1. The second-order valence-corrected chi connectivity index (χ2v) is 8.10. The first kappa shape index (κ1) is 16.8. The van der Waals surface area contributed by atoms with E-state index in [0.717, 1.165) is 53.2 Å². The number of benzene rings is 1. The molecule has 2 aromatic rings. The standard InChI is InChI=1S/C21H25ClN2O/c1-13-6-9-15(10-7-13)23-21(25)14-8-11-17-19(12-14)24-18-5-3-2-4-16(18)20(17)22/h8,11-13,15H,2-7,9-10H2,1H3,(H,23,25). The van der Waals surface area contributed by atoms with E-state index in [2.05, 4.69) is 12.2 Å². The summed E-state index contributed by atoms with van der Waals surface area (Å²) in [5.41, 5.74) is 3.84. The predicted octanol–water partition coefficient (Wildman–Crippen LogP) is 5.08. The summed E-state index contributed by atoms with van der Waals surface area (Å²) in [5.74, 6) is 0.795. The molecule has 1 saturated carbocycles. The van der Waals surface area contributed by atoms with Crippen LogP contribution in [0.2, 0.25) is 5.02 Å². The third-order valence-electron chi connectivity index (χ3n) is 5.81. The van der Waals surface area contributed by atoms with Gasteiger partial charge in [-0.25, -0.2) is 0 Å². The van der Waals surface area contributed by atoms with Crippen LogP contribution >= 0.6 is 11.6 Å². The molecule has 0 unspecified atom stereocenters. The largest absolute Gasteiger partial charge is 0.349 e. The Kier molecular flexibility index (Phi) is 4.68. The summed E-state index contributed by atoms with van der Waals surface area (Å²) < 4.78 is 0. The van der Waals surface area contributed by atoms with E-state index >= 15 is 0 Å². The van der Waals surface area contributed by atoms with Crippen molar-refractivity contribution in [1.82, 2.24) is 10.3 Å². The van der Waals surface area contributed by atoms with Gasteiger partial charge in [-0.2, -0.15) is 0 Å². The topological polar surface area (TPSA) is 42.0 Å². The first-order chi connectivity index (χ1) is 12.1. The van der Waals surface area contributed by atoms with E-state index in [1.54, 1.807) is 0 Å². The summed E-state index contributed by atoms with van der Waals surface area (Å²) in [7, 11) is 0. The minimum atomic E-state index is 0.0112. The third kappa shape index (κ3) is 3.39. The maximum Gasteiger partial charge on any atom is 0.251 e. The number of hydrogen-bond acceptors (Lipinski definition) is 2. The first-order valence-electron chi connectivity index (χ1n) is 9.53. The molecule has 0 atom stereocenters. The second kappa shape index (κ2) is 6.95. The molecule has 0 radical (unpaired) electrons. The van der Waals surface area contributed by atoms with Crippen molar-refractivity contribution in [2.45, 2.75) is 64.3 Å². The van der Waals surface area contributed by atoms with E-state index in [1.807, 2.05) is 18.2 Å². The van der Waals surface area contributed by atoms with Gasteiger partial charge in [-0.05, 0) is 75.0 Å². The molecule has 3 nitrogen and oxygen atoms in total. The van der Waals surface area contributed by atoms with Crippen LogP contribution in [0.5, 0.6) is 0 Å². The van der Waals surface area contributed by atoms with Crippen molar-refractivity contribution in [3.8, 4) is 0 Å². The average Bonchev–Trinajstić information content (AvgIpc) is 2.63. The number of amides is 1. The number of aromatic nitrogens is 1. The highest BCUT2D eigenvalue weighted by Gasteiger charge is 2.21. The fraction of sp³-hybridized carbons (Fsp3) is 0.524. The van der Waals surface area contributed by atoms with E-state index < -0.39 is 0 Å². The van der Waals surface area contributed by atoms with Crippen molar-refractivity contribution in [2.24, 2.45) is 5.92 Å². The molecule has 1 aromatic carbocycles. The predicted molar refractivity (Wildman–Crippen MR) is 102 cm³/mol. The van der Waals surface area contributed by atoms with Gasteiger partial charge in [0.1, 0.15) is 0 Å². The molecule has 2 aliphatic rings. The van der Waals surface area contributed by atoms with E-state index in [1.165, 1.54) is 31.2 Å². The number of aryl methyl sites for hydroxylation is 1. The smallest absolute Gasteiger partial charge is 0.251 e. The molecule has 1 fully saturated rings. The minimum absolute atomic E-state index is 0.0112. The van der Waals surface area contributed by atoms with Crippen LogP contribution in [0.15, 0.2) is 18.2 Å². The zero-order valence-corrected chi connectivity index (χ0v) is 15.5. The summed E-state index contributed by atoms with van der Waals surface area (Å²) in [6.45, 7) is 2.29. The summed E-state index contributed by atoms with van der Waals surface area (Å²) in [4.78, 5) is 17.5. The number of carbonyl (C=O) groups excluding carboxylic acids is 1. The Morgan fingerprint density at radius 2 is 1.92 bits per heavy atom. The van der Waals surface area contributed by atoms with Gasteiger partial charge >= 0.3 is 0 Å². The van der Waals surface area contributed by atoms with Gasteiger partial charge in [0.15, 0.2) is 0 Å². The summed E-state index contributed by atoms with van der Waals surface area (Å²) in [6.07, 6.45) is 8.91. The van der Waals surface area contributed by atoms with Crippen LogP contribution in [0.25, 0.3) is 10.9 Å². The molecule has 132 valence electrons. The summed E-state index contributed by atoms with van der Waals surface area (Å²) in [5, 5.41) is 4.99. The van der Waals surface area contributed by atoms with Crippen LogP contribution in [-0.4, -0.2) is 16.9 Å². The van der Waals surface area contributed by atoms with Gasteiger partial charge in [-0.3, -0.25) is 9.78 Å². The average molecular weight is 357 g/mol. The maximum atomic E-state index is 12.6. The van der Waals surface area contributed by atoms with Crippen molar-refractivity contribution in [1.29, 1.82) is 0 Å². The zero-order chi connectivity index (χ0) is 17.4. The lowest BCUT2D eigenvalue weighted by atomic mass is 9.87. The molecule has 4 rings (SSSR count). The number of rotatable bonds is 2. The van der Waals surface area contributed by atoms with Crippen molar-refractivity contribution >= 4 is 28.4 Å². The lowest BCUT2D eigenvalue weighted by Crippen LogP contribution is -2.37. The molecule has 0 spiro atoms. The SMILES string of the molecule is CC1CCC(NC(=O)c2ccc3c(Cl)c4c(nc3c2)CCCC4)CC1. The van der Waals surface area contributed by atoms with E-state index in [0.29, 0.717) is 11.6 Å². The molecular weight excluding hydrogens is 332 g/mol. The number of pyridine rings is 1. The fourth-order valence-corrected chi connectivity index (χ4v) is 4.54. The Morgan fingerprint density at radius 3 is 2.72 bits per heavy atom. The molecule has 0 bridgehead atoms. The van der Waals surface area contributed by atoms with Gasteiger partial charge < -0.3 is 5.32 Å². The van der Waals surface area contributed by atoms with Crippen LogP contribution in [0.4, 0.5) is 0 Å². The second-order valence-electron chi connectivity index (χ2n) is 7.72. The monoisotopic (exact) mass is 356 g/mol. The van der Waals surface area contributed by atoms with Crippen LogP contribution in [0, 0.1) is 5.92 Å². The molecule has 0 aliphatic heterocycles. The van der Waals surface area contributed by atoms with Gasteiger partial charge in [0.25, 0.3) is 5.91 Å². The van der Waals surface area contributed by atoms with Crippen molar-refractivity contribution in [3.05, 3.63) is 40.0 Å². The van der Waals surface area contributed by atoms with E-state index in [4.69, 9.17) is 16.6 Å². The van der Waals surface area contributed by atoms with E-state index in [9.17, 15) is 4.79 Å². The third-order valence-corrected chi connectivity index (χ3v) is 6.24. The Morgan fingerprint density at radius 1 is 1.16 bits per heavy atom. The highest BCUT2D eigenvalue weighted by atomic mass is 35.5. The molecule has 1 N–H and O–H groups in total. The minimum Gasteiger partial charge on any atom is -0.349 e. The molecule has 1 heterocycles. The van der Waals surface area contributed by atoms with Crippen molar-refractivity contribution in [2.75, 3.05) is 0 Å². The fourth-order valence-electron chi connectivity index (χ4n) is 4.18. The van der Waals surface area contributed by atoms with Crippen molar-refractivity contribution in [3.63, 3.8) is 0 Å².